The fourth-order valence-corrected chi connectivity index (χ4v) is 3.43. The highest BCUT2D eigenvalue weighted by Crippen LogP contribution is 2.22. The number of nitrogens with zero attached hydrogens (tertiary/aromatic N) is 2. The van der Waals surface area contributed by atoms with Gasteiger partial charge in [-0.1, -0.05) is 13.8 Å². The third-order valence-electron chi connectivity index (χ3n) is 3.67. The Morgan fingerprint density at radius 2 is 2.08 bits per heavy atom. The molecule has 1 aromatic carbocycles. The quantitative estimate of drug-likeness (QED) is 0.475. The molecule has 8 heteroatoms. The highest BCUT2D eigenvalue weighted by molar-refractivity contribution is 7.99. The summed E-state index contributed by atoms with van der Waals surface area (Å²) in [4.78, 5) is 36.3. The van der Waals surface area contributed by atoms with Gasteiger partial charge in [-0.3, -0.25) is 19.7 Å². The van der Waals surface area contributed by atoms with Gasteiger partial charge in [-0.05, 0) is 29.7 Å². The molecule has 0 saturated carbocycles. The number of benzene rings is 1. The van der Waals surface area contributed by atoms with E-state index in [0.717, 1.165) is 0 Å². The van der Waals surface area contributed by atoms with Gasteiger partial charge < -0.3 is 10.2 Å². The van der Waals surface area contributed by atoms with Crippen molar-refractivity contribution in [3.63, 3.8) is 0 Å². The zero-order chi connectivity index (χ0) is 18.4. The minimum absolute atomic E-state index is 0.00121. The van der Waals surface area contributed by atoms with Crippen LogP contribution in [0, 0.1) is 16.0 Å². The van der Waals surface area contributed by atoms with Crippen molar-refractivity contribution < 1.29 is 14.5 Å². The van der Waals surface area contributed by atoms with E-state index < -0.39 is 11.0 Å². The van der Waals surface area contributed by atoms with E-state index in [1.807, 2.05) is 13.8 Å². The molecule has 1 saturated heterocycles. The maximum atomic E-state index is 12.4. The first-order chi connectivity index (χ1) is 11.9. The molecule has 0 bridgehead atoms. The van der Waals surface area contributed by atoms with Crippen LogP contribution in [0.4, 0.5) is 5.69 Å². The Kier molecular flexibility index (Phi) is 6.58. The number of hydrogen-bond acceptors (Lipinski definition) is 5. The Labute approximate surface area is 150 Å². The predicted molar refractivity (Wildman–Crippen MR) is 97.9 cm³/mol. The molecule has 0 aliphatic carbocycles. The number of amides is 2. The molecule has 1 fully saturated rings. The number of non-ortho nitro benzene ring substituents is 1. The van der Waals surface area contributed by atoms with Crippen LogP contribution in [0.25, 0.3) is 6.08 Å². The van der Waals surface area contributed by atoms with Crippen molar-refractivity contribution in [2.24, 2.45) is 5.92 Å². The van der Waals surface area contributed by atoms with E-state index in [4.69, 9.17) is 0 Å². The molecule has 25 heavy (non-hydrogen) atoms. The summed E-state index contributed by atoms with van der Waals surface area (Å²) < 4.78 is 0. The SMILES string of the molecule is CC(C)CNC(=O)C1CSCN1C(=O)/C=C/c1ccc([N+](=O)[O-])cc1. The predicted octanol–water partition coefficient (Wildman–Crippen LogP) is 2.28. The van der Waals surface area contributed by atoms with Gasteiger partial charge in [0.05, 0.1) is 10.8 Å². The first-order valence-electron chi connectivity index (χ1n) is 7.97. The van der Waals surface area contributed by atoms with Gasteiger partial charge in [0.1, 0.15) is 6.04 Å². The molecule has 2 rings (SSSR count). The lowest BCUT2D eigenvalue weighted by molar-refractivity contribution is -0.384. The fraction of sp³-hybridized carbons (Fsp3) is 0.412. The Morgan fingerprint density at radius 1 is 1.40 bits per heavy atom. The molecule has 7 nitrogen and oxygen atoms in total. The number of rotatable bonds is 6. The van der Waals surface area contributed by atoms with Crippen LogP contribution < -0.4 is 5.32 Å². The van der Waals surface area contributed by atoms with Crippen molar-refractivity contribution in [3.8, 4) is 0 Å². The lowest BCUT2D eigenvalue weighted by Crippen LogP contribution is -2.47. The highest BCUT2D eigenvalue weighted by Gasteiger charge is 2.33. The van der Waals surface area contributed by atoms with Crippen molar-refractivity contribution in [3.05, 3.63) is 46.0 Å². The summed E-state index contributed by atoms with van der Waals surface area (Å²) in [5.41, 5.74) is 0.688. The molecule has 0 radical (unpaired) electrons. The van der Waals surface area contributed by atoms with Crippen LogP contribution >= 0.6 is 11.8 Å². The van der Waals surface area contributed by atoms with Crippen LogP contribution in [0.2, 0.25) is 0 Å². The second-order valence-electron chi connectivity index (χ2n) is 6.14. The molecule has 1 unspecified atom stereocenters. The van der Waals surface area contributed by atoms with E-state index in [-0.39, 0.29) is 17.5 Å². The van der Waals surface area contributed by atoms with E-state index in [1.165, 1.54) is 18.2 Å². The van der Waals surface area contributed by atoms with E-state index in [1.54, 1.807) is 34.9 Å². The number of nitrogens with one attached hydrogen (secondary N) is 1. The molecule has 1 aliphatic rings. The van der Waals surface area contributed by atoms with Gasteiger partial charge in [0.25, 0.3) is 5.69 Å². The Bertz CT molecular complexity index is 673. The maximum Gasteiger partial charge on any atom is 0.269 e. The largest absolute Gasteiger partial charge is 0.354 e. The van der Waals surface area contributed by atoms with E-state index in [9.17, 15) is 19.7 Å². The number of carbonyl (C=O) groups excluding carboxylic acids is 2. The van der Waals surface area contributed by atoms with Gasteiger partial charge in [-0.2, -0.15) is 0 Å². The number of hydrogen-bond donors (Lipinski definition) is 1. The van der Waals surface area contributed by atoms with E-state index in [2.05, 4.69) is 5.32 Å². The van der Waals surface area contributed by atoms with Gasteiger partial charge in [0, 0.05) is 30.5 Å². The monoisotopic (exact) mass is 363 g/mol. The molecule has 1 aliphatic heterocycles. The lowest BCUT2D eigenvalue weighted by atomic mass is 10.2. The van der Waals surface area contributed by atoms with Crippen LogP contribution in [0.15, 0.2) is 30.3 Å². The summed E-state index contributed by atoms with van der Waals surface area (Å²) in [6.45, 7) is 4.61. The first kappa shape index (κ1) is 19.0. The zero-order valence-corrected chi connectivity index (χ0v) is 15.0. The second kappa shape index (κ2) is 8.66. The average Bonchev–Trinajstić information content (AvgIpc) is 3.07. The summed E-state index contributed by atoms with van der Waals surface area (Å²) in [5.74, 6) is 1.04. The lowest BCUT2D eigenvalue weighted by Gasteiger charge is -2.22. The van der Waals surface area contributed by atoms with Crippen LogP contribution in [0.1, 0.15) is 19.4 Å². The highest BCUT2D eigenvalue weighted by atomic mass is 32.2. The molecule has 1 heterocycles. The Morgan fingerprint density at radius 3 is 2.68 bits per heavy atom. The normalized spacial score (nSPS) is 17.2. The molecule has 1 N–H and O–H groups in total. The molecular formula is C17H21N3O4S. The second-order valence-corrected chi connectivity index (χ2v) is 7.14. The number of thioether (sulfide) groups is 1. The number of nitro benzene ring substituents is 1. The molecule has 134 valence electrons. The van der Waals surface area contributed by atoms with Crippen LogP contribution in [-0.4, -0.2) is 45.9 Å². The average molecular weight is 363 g/mol. The van der Waals surface area contributed by atoms with E-state index in [0.29, 0.717) is 29.7 Å². The molecule has 1 atom stereocenters. The minimum atomic E-state index is -0.472. The van der Waals surface area contributed by atoms with Crippen LogP contribution in [-0.2, 0) is 9.59 Å². The van der Waals surface area contributed by atoms with Crippen molar-refractivity contribution >= 4 is 35.3 Å². The summed E-state index contributed by atoms with van der Waals surface area (Å²) >= 11 is 1.54. The zero-order valence-electron chi connectivity index (χ0n) is 14.2. The van der Waals surface area contributed by atoms with Crippen molar-refractivity contribution in [1.29, 1.82) is 0 Å². The smallest absolute Gasteiger partial charge is 0.269 e. The van der Waals surface area contributed by atoms with Gasteiger partial charge in [0.15, 0.2) is 0 Å². The van der Waals surface area contributed by atoms with Crippen molar-refractivity contribution in [2.75, 3.05) is 18.2 Å². The third kappa shape index (κ3) is 5.32. The summed E-state index contributed by atoms with van der Waals surface area (Å²) in [6, 6.07) is 5.47. The summed E-state index contributed by atoms with van der Waals surface area (Å²) in [7, 11) is 0. The maximum absolute atomic E-state index is 12.4. The van der Waals surface area contributed by atoms with Gasteiger partial charge >= 0.3 is 0 Å². The first-order valence-corrected chi connectivity index (χ1v) is 9.12. The topological polar surface area (TPSA) is 92.6 Å². The van der Waals surface area contributed by atoms with E-state index >= 15 is 0 Å². The van der Waals surface area contributed by atoms with Crippen LogP contribution in [0.5, 0.6) is 0 Å². The Balaban J connectivity index is 1.98. The molecule has 0 spiro atoms. The van der Waals surface area contributed by atoms with Gasteiger partial charge in [-0.25, -0.2) is 0 Å². The fourth-order valence-electron chi connectivity index (χ4n) is 2.27. The van der Waals surface area contributed by atoms with Crippen LogP contribution in [0.3, 0.4) is 0 Å². The summed E-state index contributed by atoms with van der Waals surface area (Å²) in [5, 5.41) is 13.5. The standard InChI is InChI=1S/C17H21N3O4S/c1-12(2)9-18-17(22)15-10-25-11-19(15)16(21)8-5-13-3-6-14(7-4-13)20(23)24/h3-8,12,15H,9-11H2,1-2H3,(H,18,22)/b8-5+. The molecule has 2 amide bonds. The Hall–Kier alpha value is -2.35. The number of nitro groups is 1. The molecular weight excluding hydrogens is 342 g/mol. The summed E-state index contributed by atoms with van der Waals surface area (Å²) in [6.07, 6.45) is 2.99. The number of carbonyl (C=O) groups is 2. The molecule has 0 aromatic heterocycles. The molecule has 1 aromatic rings. The van der Waals surface area contributed by atoms with Crippen molar-refractivity contribution in [1.82, 2.24) is 10.2 Å². The minimum Gasteiger partial charge on any atom is -0.354 e. The van der Waals surface area contributed by atoms with Gasteiger partial charge in [0.2, 0.25) is 11.8 Å². The van der Waals surface area contributed by atoms with Gasteiger partial charge in [-0.15, -0.1) is 11.8 Å². The third-order valence-corrected chi connectivity index (χ3v) is 4.69. The van der Waals surface area contributed by atoms with Crippen molar-refractivity contribution in [2.45, 2.75) is 19.9 Å².